The molecule has 184 valence electrons. The Labute approximate surface area is 204 Å². The number of hydrogen-bond donors (Lipinski definition) is 4. The molecule has 1 saturated heterocycles. The summed E-state index contributed by atoms with van der Waals surface area (Å²) in [5.74, 6) is 1.00. The van der Waals surface area contributed by atoms with Gasteiger partial charge < -0.3 is 25.8 Å². The molecule has 0 aliphatic carbocycles. The Morgan fingerprint density at radius 1 is 1.22 bits per heavy atom. The molecule has 1 aliphatic heterocycles. The summed E-state index contributed by atoms with van der Waals surface area (Å²) in [5.41, 5.74) is -1.72. The highest BCUT2D eigenvalue weighted by atomic mass is 127. The van der Waals surface area contributed by atoms with Gasteiger partial charge in [-0.2, -0.15) is 13.2 Å². The number of β-amino-alcohol motifs (C(OH)–C–C–N with tert-alkyl or cyclic N) is 1. The van der Waals surface area contributed by atoms with Crippen LogP contribution in [0.25, 0.3) is 0 Å². The van der Waals surface area contributed by atoms with Gasteiger partial charge in [-0.1, -0.05) is 0 Å². The first kappa shape index (κ1) is 28.7. The Kier molecular flexibility index (Phi) is 12.5. The molecular formula is C20H34F3IN6O2. The quantitative estimate of drug-likeness (QED) is 0.147. The summed E-state index contributed by atoms with van der Waals surface area (Å²) in [6.45, 7) is 9.32. The molecule has 2 heterocycles. The van der Waals surface area contributed by atoms with Gasteiger partial charge in [0.25, 0.3) is 0 Å². The van der Waals surface area contributed by atoms with Gasteiger partial charge in [0.05, 0.1) is 30.9 Å². The molecule has 1 atom stereocenters. The van der Waals surface area contributed by atoms with Crippen LogP contribution in [0.1, 0.15) is 25.8 Å². The van der Waals surface area contributed by atoms with Crippen molar-refractivity contribution >= 4 is 35.8 Å². The SMILES string of the molecule is CCNC(=NCC(C)(O)CN1CCOCC1)NCCCNc1ccc(C(F)(F)F)cn1.I. The Balaban J connectivity index is 0.00000512. The minimum absolute atomic E-state index is 0. The van der Waals surface area contributed by atoms with E-state index in [9.17, 15) is 18.3 Å². The van der Waals surface area contributed by atoms with Crippen molar-refractivity contribution in [1.82, 2.24) is 20.5 Å². The van der Waals surface area contributed by atoms with Crippen molar-refractivity contribution in [3.8, 4) is 0 Å². The highest BCUT2D eigenvalue weighted by Gasteiger charge is 2.30. The lowest BCUT2D eigenvalue weighted by Gasteiger charge is -2.33. The first-order chi connectivity index (χ1) is 14.7. The van der Waals surface area contributed by atoms with Gasteiger partial charge >= 0.3 is 6.18 Å². The first-order valence-electron chi connectivity index (χ1n) is 10.5. The number of rotatable bonds is 10. The molecule has 1 aromatic heterocycles. The summed E-state index contributed by atoms with van der Waals surface area (Å²) >= 11 is 0. The van der Waals surface area contributed by atoms with E-state index in [1.165, 1.54) is 6.07 Å². The number of alkyl halides is 3. The van der Waals surface area contributed by atoms with Crippen LogP contribution >= 0.6 is 24.0 Å². The highest BCUT2D eigenvalue weighted by molar-refractivity contribution is 14.0. The lowest BCUT2D eigenvalue weighted by atomic mass is 10.1. The molecule has 12 heteroatoms. The minimum Gasteiger partial charge on any atom is -0.387 e. The van der Waals surface area contributed by atoms with Crippen LogP contribution in [-0.4, -0.2) is 85.6 Å². The Morgan fingerprint density at radius 2 is 1.94 bits per heavy atom. The standard InChI is InChI=1S/C20H33F3N6O2.HI/c1-3-24-18(28-14-19(2,30)15-29-9-11-31-12-10-29)26-8-4-7-25-17-6-5-16(13-27-17)20(21,22)23;/h5-6,13,30H,3-4,7-12,14-15H2,1-2H3,(H,25,27)(H2,24,26,28);1H. The molecule has 1 unspecified atom stereocenters. The second kappa shape index (κ2) is 14.0. The van der Waals surface area contributed by atoms with E-state index < -0.39 is 17.3 Å². The predicted octanol–water partition coefficient (Wildman–Crippen LogP) is 2.16. The van der Waals surface area contributed by atoms with Crippen molar-refractivity contribution in [3.05, 3.63) is 23.9 Å². The summed E-state index contributed by atoms with van der Waals surface area (Å²) in [6, 6.07) is 2.32. The maximum Gasteiger partial charge on any atom is 0.417 e. The van der Waals surface area contributed by atoms with E-state index >= 15 is 0 Å². The third kappa shape index (κ3) is 11.0. The van der Waals surface area contributed by atoms with Crippen molar-refractivity contribution in [3.63, 3.8) is 0 Å². The molecule has 2 rings (SSSR count). The predicted molar refractivity (Wildman–Crippen MR) is 130 cm³/mol. The zero-order valence-corrected chi connectivity index (χ0v) is 20.9. The van der Waals surface area contributed by atoms with Crippen molar-refractivity contribution < 1.29 is 23.0 Å². The number of guanidine groups is 1. The average molecular weight is 574 g/mol. The third-order valence-corrected chi connectivity index (χ3v) is 4.63. The van der Waals surface area contributed by atoms with Crippen molar-refractivity contribution in [2.24, 2.45) is 4.99 Å². The highest BCUT2D eigenvalue weighted by Crippen LogP contribution is 2.28. The van der Waals surface area contributed by atoms with E-state index in [1.807, 2.05) is 6.92 Å². The average Bonchev–Trinajstić information content (AvgIpc) is 2.72. The molecule has 32 heavy (non-hydrogen) atoms. The second-order valence-corrected chi connectivity index (χ2v) is 7.72. The van der Waals surface area contributed by atoms with Gasteiger partial charge in [0.2, 0.25) is 0 Å². The van der Waals surface area contributed by atoms with Crippen molar-refractivity contribution in [2.75, 3.05) is 64.3 Å². The number of aromatic nitrogens is 1. The first-order valence-corrected chi connectivity index (χ1v) is 10.5. The monoisotopic (exact) mass is 574 g/mol. The number of hydrogen-bond acceptors (Lipinski definition) is 6. The molecule has 0 bridgehead atoms. The van der Waals surface area contributed by atoms with Crippen LogP contribution in [0.4, 0.5) is 19.0 Å². The zero-order chi connectivity index (χ0) is 22.7. The second-order valence-electron chi connectivity index (χ2n) is 7.72. The normalized spacial score (nSPS) is 17.2. The Bertz CT molecular complexity index is 683. The lowest BCUT2D eigenvalue weighted by Crippen LogP contribution is -2.48. The summed E-state index contributed by atoms with van der Waals surface area (Å²) < 4.78 is 43.0. The fourth-order valence-electron chi connectivity index (χ4n) is 3.06. The molecule has 1 fully saturated rings. The van der Waals surface area contributed by atoms with E-state index in [2.05, 4.69) is 30.8 Å². The van der Waals surface area contributed by atoms with Crippen LogP contribution in [0.15, 0.2) is 23.3 Å². The molecule has 4 N–H and O–H groups in total. The van der Waals surface area contributed by atoms with Gasteiger partial charge in [-0.15, -0.1) is 24.0 Å². The molecule has 0 spiro atoms. The molecular weight excluding hydrogens is 540 g/mol. The lowest BCUT2D eigenvalue weighted by molar-refractivity contribution is -0.137. The van der Waals surface area contributed by atoms with Crippen LogP contribution in [-0.2, 0) is 10.9 Å². The van der Waals surface area contributed by atoms with Crippen LogP contribution in [0.3, 0.4) is 0 Å². The van der Waals surface area contributed by atoms with E-state index in [1.54, 1.807) is 6.92 Å². The van der Waals surface area contributed by atoms with Crippen LogP contribution < -0.4 is 16.0 Å². The topological polar surface area (TPSA) is 94.0 Å². The number of aliphatic hydroxyl groups is 1. The number of ether oxygens (including phenoxy) is 1. The smallest absolute Gasteiger partial charge is 0.387 e. The largest absolute Gasteiger partial charge is 0.417 e. The number of nitrogens with zero attached hydrogens (tertiary/aromatic N) is 3. The van der Waals surface area contributed by atoms with Crippen LogP contribution in [0, 0.1) is 0 Å². The number of nitrogens with one attached hydrogen (secondary N) is 3. The van der Waals surface area contributed by atoms with E-state index in [4.69, 9.17) is 4.74 Å². The summed E-state index contributed by atoms with van der Waals surface area (Å²) in [5, 5.41) is 20.0. The van der Waals surface area contributed by atoms with Gasteiger partial charge in [-0.3, -0.25) is 9.89 Å². The molecule has 0 radical (unpaired) electrons. The van der Waals surface area contributed by atoms with Gasteiger partial charge in [-0.25, -0.2) is 4.98 Å². The van der Waals surface area contributed by atoms with Gasteiger partial charge in [0.1, 0.15) is 5.82 Å². The van der Waals surface area contributed by atoms with Crippen LogP contribution in [0.2, 0.25) is 0 Å². The van der Waals surface area contributed by atoms with E-state index in [0.717, 1.165) is 25.4 Å². The third-order valence-electron chi connectivity index (χ3n) is 4.63. The van der Waals surface area contributed by atoms with Gasteiger partial charge in [0.15, 0.2) is 5.96 Å². The zero-order valence-electron chi connectivity index (χ0n) is 18.5. The minimum atomic E-state index is -4.38. The molecule has 8 nitrogen and oxygen atoms in total. The fourth-order valence-corrected chi connectivity index (χ4v) is 3.06. The molecule has 1 aliphatic rings. The van der Waals surface area contributed by atoms with Crippen molar-refractivity contribution in [2.45, 2.75) is 32.0 Å². The van der Waals surface area contributed by atoms with E-state index in [0.29, 0.717) is 57.6 Å². The van der Waals surface area contributed by atoms with Crippen molar-refractivity contribution in [1.29, 1.82) is 0 Å². The Hall–Kier alpha value is -1.38. The van der Waals surface area contributed by atoms with Gasteiger partial charge in [0, 0.05) is 45.5 Å². The molecule has 0 amide bonds. The number of halogens is 4. The number of pyridine rings is 1. The molecule has 0 saturated carbocycles. The maximum absolute atomic E-state index is 12.6. The summed E-state index contributed by atoms with van der Waals surface area (Å²) in [7, 11) is 0. The number of morpholine rings is 1. The van der Waals surface area contributed by atoms with E-state index in [-0.39, 0.29) is 30.5 Å². The van der Waals surface area contributed by atoms with Gasteiger partial charge in [-0.05, 0) is 32.4 Å². The number of anilines is 1. The summed E-state index contributed by atoms with van der Waals surface area (Å²) in [4.78, 5) is 10.4. The fraction of sp³-hybridized carbons (Fsp3) is 0.700. The Morgan fingerprint density at radius 3 is 2.53 bits per heavy atom. The molecule has 1 aromatic rings. The summed E-state index contributed by atoms with van der Waals surface area (Å²) in [6.07, 6.45) is -2.86. The number of aliphatic imine (C=N–C) groups is 1. The maximum atomic E-state index is 12.6. The molecule has 0 aromatic carbocycles. The van der Waals surface area contributed by atoms with Crippen LogP contribution in [0.5, 0.6) is 0 Å².